The van der Waals surface area contributed by atoms with Crippen molar-refractivity contribution in [1.29, 1.82) is 0 Å². The number of hydrogen-bond donors (Lipinski definition) is 1. The van der Waals surface area contributed by atoms with Crippen LogP contribution in [-0.2, 0) is 0 Å². The van der Waals surface area contributed by atoms with Gasteiger partial charge >= 0.3 is 0 Å². The Kier molecular flexibility index (Phi) is 4.44. The first-order chi connectivity index (χ1) is 10.1. The van der Waals surface area contributed by atoms with E-state index in [9.17, 15) is 4.79 Å². The second kappa shape index (κ2) is 6.16. The van der Waals surface area contributed by atoms with Crippen LogP contribution < -0.4 is 5.73 Å². The van der Waals surface area contributed by atoms with Gasteiger partial charge in [0.15, 0.2) is 0 Å². The van der Waals surface area contributed by atoms with E-state index >= 15 is 0 Å². The molecular formula is C14H16BrN3OS2. The molecular weight excluding hydrogens is 370 g/mol. The number of aromatic nitrogens is 1. The topological polar surface area (TPSA) is 59.2 Å². The van der Waals surface area contributed by atoms with Crippen LogP contribution in [0.4, 0.5) is 0 Å². The van der Waals surface area contributed by atoms with E-state index in [0.29, 0.717) is 18.2 Å². The van der Waals surface area contributed by atoms with Crippen LogP contribution in [0.5, 0.6) is 0 Å². The van der Waals surface area contributed by atoms with Crippen LogP contribution in [0.2, 0.25) is 0 Å². The summed E-state index contributed by atoms with van der Waals surface area (Å²) >= 11 is 6.58. The maximum Gasteiger partial charge on any atom is 0.273 e. The molecule has 1 saturated heterocycles. The number of rotatable bonds is 3. The highest BCUT2D eigenvalue weighted by Crippen LogP contribution is 2.33. The van der Waals surface area contributed by atoms with Gasteiger partial charge in [-0.05, 0) is 47.8 Å². The zero-order valence-corrected chi connectivity index (χ0v) is 14.8. The molecule has 2 N–H and O–H groups in total. The number of thiophene rings is 1. The number of carbonyl (C=O) groups excluding carboxylic acids is 1. The lowest BCUT2D eigenvalue weighted by atomic mass is 10.1. The first-order valence-corrected chi connectivity index (χ1v) is 9.34. The molecule has 0 saturated carbocycles. The molecule has 112 valence electrons. The second-order valence-electron chi connectivity index (χ2n) is 5.31. The quantitative estimate of drug-likeness (QED) is 0.879. The van der Waals surface area contributed by atoms with E-state index in [0.717, 1.165) is 27.3 Å². The van der Waals surface area contributed by atoms with Crippen LogP contribution in [0.15, 0.2) is 21.3 Å². The predicted octanol–water partition coefficient (Wildman–Crippen LogP) is 3.44. The minimum atomic E-state index is 0.0246. The lowest BCUT2D eigenvalue weighted by molar-refractivity contribution is 0.0738. The summed E-state index contributed by atoms with van der Waals surface area (Å²) in [5.41, 5.74) is 6.27. The summed E-state index contributed by atoms with van der Waals surface area (Å²) in [5, 5.41) is 4.77. The molecule has 1 amide bonds. The van der Waals surface area contributed by atoms with Gasteiger partial charge < -0.3 is 10.6 Å². The van der Waals surface area contributed by atoms with Gasteiger partial charge in [0.05, 0.1) is 4.88 Å². The molecule has 0 spiro atoms. The van der Waals surface area contributed by atoms with Gasteiger partial charge in [0, 0.05) is 27.8 Å². The molecule has 1 aliphatic heterocycles. The summed E-state index contributed by atoms with van der Waals surface area (Å²) in [6.07, 6.45) is 0.983. The van der Waals surface area contributed by atoms with Crippen LogP contribution in [0.25, 0.3) is 9.88 Å². The minimum Gasteiger partial charge on any atom is -0.334 e. The summed E-state index contributed by atoms with van der Waals surface area (Å²) in [5.74, 6) is 0.437. The van der Waals surface area contributed by atoms with E-state index in [1.54, 1.807) is 11.3 Å². The predicted molar refractivity (Wildman–Crippen MR) is 90.8 cm³/mol. The summed E-state index contributed by atoms with van der Waals surface area (Å²) < 4.78 is 1.05. The Bertz CT molecular complexity index is 654. The SMILES string of the molecule is CC1CC(CN)CN1C(=O)c1csc(-c2cc(Br)cs2)n1. The molecule has 2 atom stereocenters. The van der Waals surface area contributed by atoms with Crippen molar-refractivity contribution in [3.8, 4) is 9.88 Å². The largest absolute Gasteiger partial charge is 0.334 e. The van der Waals surface area contributed by atoms with Gasteiger partial charge in [-0.3, -0.25) is 4.79 Å². The molecule has 2 unspecified atom stereocenters. The summed E-state index contributed by atoms with van der Waals surface area (Å²) in [4.78, 5) is 20.1. The van der Waals surface area contributed by atoms with E-state index in [1.165, 1.54) is 11.3 Å². The van der Waals surface area contributed by atoms with E-state index in [-0.39, 0.29) is 11.9 Å². The van der Waals surface area contributed by atoms with Crippen molar-refractivity contribution in [1.82, 2.24) is 9.88 Å². The van der Waals surface area contributed by atoms with Crippen LogP contribution in [-0.4, -0.2) is 34.9 Å². The van der Waals surface area contributed by atoms with Crippen molar-refractivity contribution < 1.29 is 4.79 Å². The third-order valence-corrected chi connectivity index (χ3v) is 6.46. The van der Waals surface area contributed by atoms with Gasteiger partial charge in [-0.25, -0.2) is 4.98 Å². The number of hydrogen-bond acceptors (Lipinski definition) is 5. The van der Waals surface area contributed by atoms with Crippen molar-refractivity contribution in [2.45, 2.75) is 19.4 Å². The number of nitrogens with zero attached hydrogens (tertiary/aromatic N) is 2. The maximum absolute atomic E-state index is 12.6. The monoisotopic (exact) mass is 385 g/mol. The van der Waals surface area contributed by atoms with Crippen LogP contribution >= 0.6 is 38.6 Å². The summed E-state index contributed by atoms with van der Waals surface area (Å²) in [6, 6.07) is 2.27. The number of halogens is 1. The molecule has 3 rings (SSSR count). The zero-order chi connectivity index (χ0) is 15.0. The third kappa shape index (κ3) is 3.06. The Morgan fingerprint density at radius 1 is 1.52 bits per heavy atom. The Morgan fingerprint density at radius 2 is 2.33 bits per heavy atom. The number of amides is 1. The molecule has 0 aromatic carbocycles. The van der Waals surface area contributed by atoms with Crippen molar-refractivity contribution in [2.75, 3.05) is 13.1 Å². The van der Waals surface area contributed by atoms with Gasteiger partial charge in [-0.1, -0.05) is 0 Å². The van der Waals surface area contributed by atoms with Crippen molar-refractivity contribution in [3.05, 3.63) is 27.0 Å². The van der Waals surface area contributed by atoms with E-state index in [1.807, 2.05) is 21.7 Å². The fourth-order valence-electron chi connectivity index (χ4n) is 2.65. The standard InChI is InChI=1S/C14H16BrN3OS2/c1-8-2-9(4-16)5-18(8)14(19)11-7-21-13(17-11)12-3-10(15)6-20-12/h3,6-9H,2,4-5,16H2,1H3. The van der Waals surface area contributed by atoms with Crippen molar-refractivity contribution in [2.24, 2.45) is 11.7 Å². The van der Waals surface area contributed by atoms with Gasteiger partial charge in [-0.15, -0.1) is 22.7 Å². The number of carbonyl (C=O) groups is 1. The van der Waals surface area contributed by atoms with Crippen LogP contribution in [0, 0.1) is 5.92 Å². The van der Waals surface area contributed by atoms with Gasteiger partial charge in [0.25, 0.3) is 5.91 Å². The fourth-order valence-corrected chi connectivity index (χ4v) is 4.96. The summed E-state index contributed by atoms with van der Waals surface area (Å²) in [7, 11) is 0. The molecule has 7 heteroatoms. The molecule has 3 heterocycles. The highest BCUT2D eigenvalue weighted by Gasteiger charge is 2.33. The first-order valence-electron chi connectivity index (χ1n) is 6.79. The lowest BCUT2D eigenvalue weighted by Gasteiger charge is -2.20. The highest BCUT2D eigenvalue weighted by molar-refractivity contribution is 9.10. The molecule has 2 aromatic rings. The third-order valence-electron chi connectivity index (χ3n) is 3.76. The minimum absolute atomic E-state index is 0.0246. The van der Waals surface area contributed by atoms with Crippen LogP contribution in [0.1, 0.15) is 23.8 Å². The Balaban J connectivity index is 1.78. The molecule has 2 aromatic heterocycles. The second-order valence-corrected chi connectivity index (χ2v) is 8.00. The lowest BCUT2D eigenvalue weighted by Crippen LogP contribution is -2.34. The Hall–Kier alpha value is -0.760. The fraction of sp³-hybridized carbons (Fsp3) is 0.429. The average molecular weight is 386 g/mol. The van der Waals surface area contributed by atoms with Crippen molar-refractivity contribution >= 4 is 44.5 Å². The maximum atomic E-state index is 12.6. The molecule has 0 aliphatic carbocycles. The Morgan fingerprint density at radius 3 is 2.95 bits per heavy atom. The molecule has 4 nitrogen and oxygen atoms in total. The number of likely N-dealkylation sites (tertiary alicyclic amines) is 1. The van der Waals surface area contributed by atoms with E-state index in [4.69, 9.17) is 5.73 Å². The number of thiazole rings is 1. The average Bonchev–Trinajstić information content (AvgIpc) is 3.16. The molecule has 21 heavy (non-hydrogen) atoms. The van der Waals surface area contributed by atoms with Gasteiger partial charge in [0.2, 0.25) is 0 Å². The zero-order valence-electron chi connectivity index (χ0n) is 11.6. The van der Waals surface area contributed by atoms with Gasteiger partial charge in [0.1, 0.15) is 10.7 Å². The Labute approximate surface area is 140 Å². The van der Waals surface area contributed by atoms with E-state index in [2.05, 4.69) is 27.8 Å². The normalized spacial score (nSPS) is 22.0. The van der Waals surface area contributed by atoms with E-state index < -0.39 is 0 Å². The highest BCUT2D eigenvalue weighted by atomic mass is 79.9. The first kappa shape index (κ1) is 15.1. The molecule has 0 radical (unpaired) electrons. The van der Waals surface area contributed by atoms with Crippen molar-refractivity contribution in [3.63, 3.8) is 0 Å². The number of nitrogens with two attached hydrogens (primary N) is 1. The summed E-state index contributed by atoms with van der Waals surface area (Å²) in [6.45, 7) is 3.46. The van der Waals surface area contributed by atoms with Gasteiger partial charge in [-0.2, -0.15) is 0 Å². The molecule has 0 bridgehead atoms. The molecule has 1 aliphatic rings. The smallest absolute Gasteiger partial charge is 0.273 e. The molecule has 1 fully saturated rings. The van der Waals surface area contributed by atoms with Crippen LogP contribution in [0.3, 0.4) is 0 Å².